The topological polar surface area (TPSA) is 0 Å². The smallest absolute Gasteiger partial charge is 0.146 e. The molecule has 0 unspecified atom stereocenters. The molecule has 0 aliphatic carbocycles. The summed E-state index contributed by atoms with van der Waals surface area (Å²) < 4.78 is 0. The molecule has 0 aliphatic heterocycles. The lowest BCUT2D eigenvalue weighted by atomic mass is 10.6. The average molecular weight is 206 g/mol. The molecule has 4 heteroatoms. The Kier molecular flexibility index (Phi) is 5.42. The van der Waals surface area contributed by atoms with E-state index in [0.29, 0.717) is 5.88 Å². The van der Waals surface area contributed by atoms with Crippen molar-refractivity contribution in [3.8, 4) is 0 Å². The van der Waals surface area contributed by atoms with E-state index < -0.39 is 6.69 Å². The molecule has 0 amide bonds. The van der Waals surface area contributed by atoms with Gasteiger partial charge in [0.05, 0.1) is 0 Å². The highest BCUT2D eigenvalue weighted by atomic mass is 35.7. The lowest BCUT2D eigenvalue weighted by molar-refractivity contribution is 1.07. The van der Waals surface area contributed by atoms with Gasteiger partial charge in [-0.25, -0.2) is 0 Å². The second-order valence-corrected chi connectivity index (χ2v) is 10.2. The van der Waals surface area contributed by atoms with E-state index in [1.807, 2.05) is 6.92 Å². The third kappa shape index (κ3) is 5.53. The quantitative estimate of drug-likeness (QED) is 0.374. The van der Waals surface area contributed by atoms with E-state index in [9.17, 15) is 0 Å². The highest BCUT2D eigenvalue weighted by Gasteiger charge is 2.24. The zero-order chi connectivity index (χ0) is 7.33. The van der Waals surface area contributed by atoms with E-state index in [1.54, 1.807) is 0 Å². The first-order valence-electron chi connectivity index (χ1n) is 3.06. The van der Waals surface area contributed by atoms with Gasteiger partial charge in [-0.15, -0.1) is 33.8 Å². The number of halogens is 3. The minimum absolute atomic E-state index is 0.675. The van der Waals surface area contributed by atoms with Crippen LogP contribution in [0.2, 0.25) is 12.1 Å². The van der Waals surface area contributed by atoms with Crippen LogP contribution in [0.1, 0.15) is 13.3 Å². The Morgan fingerprint density at radius 1 is 1.33 bits per heavy atom. The SMILES string of the molecule is CC[Si](Cl)(Cl)CCCCl. The van der Waals surface area contributed by atoms with Gasteiger partial charge in [0.15, 0.2) is 0 Å². The maximum absolute atomic E-state index is 5.95. The summed E-state index contributed by atoms with van der Waals surface area (Å²) in [6, 6.07) is 1.85. The van der Waals surface area contributed by atoms with Gasteiger partial charge in [0.1, 0.15) is 0 Å². The molecule has 0 atom stereocenters. The highest BCUT2D eigenvalue weighted by molar-refractivity contribution is 7.45. The van der Waals surface area contributed by atoms with E-state index in [1.165, 1.54) is 0 Å². The van der Waals surface area contributed by atoms with Gasteiger partial charge in [-0.1, -0.05) is 6.92 Å². The van der Waals surface area contributed by atoms with Crippen molar-refractivity contribution in [3.05, 3.63) is 0 Å². The van der Waals surface area contributed by atoms with Crippen LogP contribution in [-0.2, 0) is 0 Å². The molecule has 0 bridgehead atoms. The third-order valence-electron chi connectivity index (χ3n) is 1.19. The van der Waals surface area contributed by atoms with Crippen LogP contribution in [0.15, 0.2) is 0 Å². The van der Waals surface area contributed by atoms with Gasteiger partial charge in [0.25, 0.3) is 6.69 Å². The van der Waals surface area contributed by atoms with Crippen LogP contribution in [0.25, 0.3) is 0 Å². The predicted molar refractivity (Wildman–Crippen MR) is 48.1 cm³/mol. The second-order valence-electron chi connectivity index (χ2n) is 2.00. The molecule has 0 spiro atoms. The normalized spacial score (nSPS) is 12.0. The second kappa shape index (κ2) is 4.83. The molecule has 0 radical (unpaired) electrons. The van der Waals surface area contributed by atoms with Crippen LogP contribution in [-0.4, -0.2) is 12.6 Å². The van der Waals surface area contributed by atoms with Crippen molar-refractivity contribution in [3.63, 3.8) is 0 Å². The molecule has 56 valence electrons. The Hall–Kier alpha value is 1.09. The van der Waals surface area contributed by atoms with Crippen molar-refractivity contribution in [2.24, 2.45) is 0 Å². The van der Waals surface area contributed by atoms with E-state index in [0.717, 1.165) is 18.5 Å². The van der Waals surface area contributed by atoms with Gasteiger partial charge in [0.2, 0.25) is 0 Å². The molecule has 0 aromatic heterocycles. The standard InChI is InChI=1S/C5H11Cl3Si/c1-2-9(7,8)5-3-4-6/h2-5H2,1H3. The monoisotopic (exact) mass is 204 g/mol. The maximum atomic E-state index is 5.95. The van der Waals surface area contributed by atoms with E-state index in [2.05, 4.69) is 0 Å². The molecular formula is C5H11Cl3Si. The lowest BCUT2D eigenvalue weighted by Gasteiger charge is -2.11. The van der Waals surface area contributed by atoms with Gasteiger partial charge in [-0.05, 0) is 18.5 Å². The van der Waals surface area contributed by atoms with Crippen molar-refractivity contribution in [1.29, 1.82) is 0 Å². The van der Waals surface area contributed by atoms with Crippen molar-refractivity contribution >= 4 is 40.5 Å². The minimum atomic E-state index is -1.84. The molecule has 0 N–H and O–H groups in total. The van der Waals surface area contributed by atoms with E-state index >= 15 is 0 Å². The summed E-state index contributed by atoms with van der Waals surface area (Å²) >= 11 is 17.4. The number of alkyl halides is 1. The molecule has 0 aliphatic rings. The molecular weight excluding hydrogens is 194 g/mol. The first-order valence-corrected chi connectivity index (χ1v) is 8.03. The fourth-order valence-corrected chi connectivity index (χ4v) is 2.71. The number of rotatable bonds is 4. The van der Waals surface area contributed by atoms with Crippen LogP contribution in [0.5, 0.6) is 0 Å². The van der Waals surface area contributed by atoms with Crippen molar-refractivity contribution < 1.29 is 0 Å². The Balaban J connectivity index is 3.33. The van der Waals surface area contributed by atoms with Crippen LogP contribution in [0, 0.1) is 0 Å². The van der Waals surface area contributed by atoms with Crippen molar-refractivity contribution in [2.45, 2.75) is 25.4 Å². The van der Waals surface area contributed by atoms with Crippen molar-refractivity contribution in [1.82, 2.24) is 0 Å². The van der Waals surface area contributed by atoms with Crippen LogP contribution >= 0.6 is 33.8 Å². The summed E-state index contributed by atoms with van der Waals surface area (Å²) in [5, 5.41) is 0. The summed E-state index contributed by atoms with van der Waals surface area (Å²) in [4.78, 5) is 0. The van der Waals surface area contributed by atoms with Gasteiger partial charge < -0.3 is 0 Å². The Bertz CT molecular complexity index is 74.6. The van der Waals surface area contributed by atoms with Gasteiger partial charge in [-0.2, -0.15) is 0 Å². The van der Waals surface area contributed by atoms with Crippen molar-refractivity contribution in [2.75, 3.05) is 5.88 Å². The summed E-state index contributed by atoms with van der Waals surface area (Å²) in [6.45, 7) is 0.190. The zero-order valence-corrected chi connectivity index (χ0v) is 8.73. The van der Waals surface area contributed by atoms with Gasteiger partial charge in [0, 0.05) is 5.88 Å². The van der Waals surface area contributed by atoms with Crippen LogP contribution in [0.4, 0.5) is 0 Å². The Labute approximate surface area is 71.9 Å². The fourth-order valence-electron chi connectivity index (χ4n) is 0.502. The predicted octanol–water partition coefficient (Wildman–Crippen LogP) is 3.56. The van der Waals surface area contributed by atoms with Gasteiger partial charge in [-0.3, -0.25) is 0 Å². The Morgan fingerprint density at radius 3 is 2.22 bits per heavy atom. The molecule has 0 aromatic rings. The summed E-state index contributed by atoms with van der Waals surface area (Å²) in [5.41, 5.74) is 0. The maximum Gasteiger partial charge on any atom is 0.251 e. The summed E-state index contributed by atoms with van der Waals surface area (Å²) in [7, 11) is 0. The Morgan fingerprint density at radius 2 is 1.89 bits per heavy atom. The molecule has 0 rings (SSSR count). The molecule has 0 aromatic carbocycles. The molecule has 0 nitrogen and oxygen atoms in total. The lowest BCUT2D eigenvalue weighted by Crippen LogP contribution is -2.16. The molecule has 9 heavy (non-hydrogen) atoms. The van der Waals surface area contributed by atoms with Crippen LogP contribution in [0.3, 0.4) is 0 Å². The minimum Gasteiger partial charge on any atom is -0.146 e. The largest absolute Gasteiger partial charge is 0.251 e. The van der Waals surface area contributed by atoms with Crippen LogP contribution < -0.4 is 0 Å². The molecule has 0 heterocycles. The first kappa shape index (κ1) is 10.1. The average Bonchev–Trinajstić information content (AvgIpc) is 1.84. The molecule has 0 saturated heterocycles. The van der Waals surface area contributed by atoms with Gasteiger partial charge >= 0.3 is 0 Å². The zero-order valence-electron chi connectivity index (χ0n) is 5.46. The van der Waals surface area contributed by atoms with E-state index in [4.69, 9.17) is 33.8 Å². The third-order valence-corrected chi connectivity index (χ3v) is 6.32. The number of hydrogen-bond donors (Lipinski definition) is 0. The van der Waals surface area contributed by atoms with E-state index in [-0.39, 0.29) is 0 Å². The highest BCUT2D eigenvalue weighted by Crippen LogP contribution is 2.26. The molecule has 0 saturated carbocycles. The molecule has 0 fully saturated rings. The number of hydrogen-bond acceptors (Lipinski definition) is 0. The summed E-state index contributed by atoms with van der Waals surface area (Å²) in [5.74, 6) is 0.675. The fraction of sp³-hybridized carbons (Fsp3) is 1.00. The summed E-state index contributed by atoms with van der Waals surface area (Å²) in [6.07, 6.45) is 0.953. The first-order chi connectivity index (χ1) is 4.12.